The van der Waals surface area contributed by atoms with Crippen LogP contribution in [0.15, 0.2) is 42.7 Å². The largest absolute Gasteiger partial charge is 0.336 e. The molecule has 1 aromatic carbocycles. The van der Waals surface area contributed by atoms with Crippen LogP contribution >= 0.6 is 0 Å². The first-order chi connectivity index (χ1) is 12.6. The number of carbonyl (C=O) groups is 1. The van der Waals surface area contributed by atoms with Gasteiger partial charge in [-0.2, -0.15) is 5.10 Å². The third kappa shape index (κ3) is 3.01. The van der Waals surface area contributed by atoms with Gasteiger partial charge in [-0.3, -0.25) is 9.89 Å². The van der Waals surface area contributed by atoms with Crippen molar-refractivity contribution in [3.8, 4) is 11.3 Å². The Hall–Kier alpha value is -2.93. The molecule has 4 rings (SSSR count). The van der Waals surface area contributed by atoms with Crippen molar-refractivity contribution < 1.29 is 4.79 Å². The van der Waals surface area contributed by atoms with Crippen molar-refractivity contribution in [2.24, 2.45) is 7.05 Å². The van der Waals surface area contributed by atoms with Gasteiger partial charge in [-0.1, -0.05) is 29.8 Å². The number of carbonyl (C=O) groups excluding carboxylic acids is 1. The van der Waals surface area contributed by atoms with E-state index in [0.717, 1.165) is 23.6 Å². The highest BCUT2D eigenvalue weighted by molar-refractivity contribution is 5.93. The minimum Gasteiger partial charge on any atom is -0.336 e. The summed E-state index contributed by atoms with van der Waals surface area (Å²) in [6.45, 7) is 4.14. The predicted octanol–water partition coefficient (Wildman–Crippen LogP) is 1.91. The Kier molecular flexibility index (Phi) is 4.30. The highest BCUT2D eigenvalue weighted by atomic mass is 16.2. The SMILES string of the molecule is Cc1ccc(-c2cc(C(=O)N3CCNCC3c3nccn3C)[nH]n2)cc1. The lowest BCUT2D eigenvalue weighted by Gasteiger charge is -2.35. The van der Waals surface area contributed by atoms with E-state index in [1.165, 1.54) is 5.56 Å². The summed E-state index contributed by atoms with van der Waals surface area (Å²) in [4.78, 5) is 19.4. The lowest BCUT2D eigenvalue weighted by Crippen LogP contribution is -2.49. The number of nitrogens with zero attached hydrogens (tertiary/aromatic N) is 4. The fourth-order valence-electron chi connectivity index (χ4n) is 3.33. The van der Waals surface area contributed by atoms with Crippen LogP contribution in [0.5, 0.6) is 0 Å². The van der Waals surface area contributed by atoms with Gasteiger partial charge in [0.15, 0.2) is 0 Å². The number of aromatic amines is 1. The summed E-state index contributed by atoms with van der Waals surface area (Å²) in [5.41, 5.74) is 3.46. The Morgan fingerprint density at radius 1 is 1.27 bits per heavy atom. The predicted molar refractivity (Wildman–Crippen MR) is 98.6 cm³/mol. The molecular weight excluding hydrogens is 328 g/mol. The standard InChI is InChI=1S/C19H22N6O/c1-13-3-5-14(6-4-13)15-11-16(23-22-15)19(26)25-10-7-20-12-17(25)18-21-8-9-24(18)2/h3-6,8-9,11,17,20H,7,10,12H2,1-2H3,(H,22,23). The van der Waals surface area contributed by atoms with E-state index in [1.807, 2.05) is 60.0 Å². The number of amides is 1. The zero-order chi connectivity index (χ0) is 18.1. The maximum atomic E-state index is 13.1. The van der Waals surface area contributed by atoms with Gasteiger partial charge in [0.2, 0.25) is 0 Å². The van der Waals surface area contributed by atoms with Crippen molar-refractivity contribution in [1.82, 2.24) is 30.0 Å². The minimum atomic E-state index is -0.0950. The lowest BCUT2D eigenvalue weighted by molar-refractivity contribution is 0.0614. The number of nitrogens with one attached hydrogen (secondary N) is 2. The van der Waals surface area contributed by atoms with Crippen LogP contribution in [0.2, 0.25) is 0 Å². The van der Waals surface area contributed by atoms with Crippen LogP contribution in [-0.4, -0.2) is 50.2 Å². The Balaban J connectivity index is 1.60. The number of rotatable bonds is 3. The molecule has 1 atom stereocenters. The first-order valence-corrected chi connectivity index (χ1v) is 8.75. The molecule has 1 unspecified atom stereocenters. The molecule has 1 fully saturated rings. The van der Waals surface area contributed by atoms with Crippen LogP contribution in [0.4, 0.5) is 0 Å². The van der Waals surface area contributed by atoms with Crippen LogP contribution in [-0.2, 0) is 7.05 Å². The number of H-pyrrole nitrogens is 1. The summed E-state index contributed by atoms with van der Waals surface area (Å²) in [6, 6.07) is 9.84. The van der Waals surface area contributed by atoms with Crippen molar-refractivity contribution in [1.29, 1.82) is 0 Å². The summed E-state index contributed by atoms with van der Waals surface area (Å²) in [7, 11) is 1.95. The van der Waals surface area contributed by atoms with Crippen molar-refractivity contribution in [2.75, 3.05) is 19.6 Å². The van der Waals surface area contributed by atoms with Crippen LogP contribution in [0.3, 0.4) is 0 Å². The second-order valence-corrected chi connectivity index (χ2v) is 6.65. The number of hydrogen-bond donors (Lipinski definition) is 2. The molecule has 3 aromatic rings. The van der Waals surface area contributed by atoms with Crippen LogP contribution < -0.4 is 5.32 Å². The molecule has 1 saturated heterocycles. The van der Waals surface area contributed by atoms with Crippen molar-refractivity contribution in [3.63, 3.8) is 0 Å². The first kappa shape index (κ1) is 16.5. The Morgan fingerprint density at radius 3 is 2.81 bits per heavy atom. The molecule has 7 nitrogen and oxygen atoms in total. The summed E-state index contributed by atoms with van der Waals surface area (Å²) in [6.07, 6.45) is 3.66. The Bertz CT molecular complexity index is 910. The number of benzene rings is 1. The molecule has 26 heavy (non-hydrogen) atoms. The molecule has 1 amide bonds. The van der Waals surface area contributed by atoms with Crippen molar-refractivity contribution >= 4 is 5.91 Å². The number of imidazole rings is 1. The number of hydrogen-bond acceptors (Lipinski definition) is 4. The minimum absolute atomic E-state index is 0.0506. The van der Waals surface area contributed by atoms with E-state index in [0.29, 0.717) is 18.8 Å². The number of aryl methyl sites for hydroxylation is 2. The third-order valence-electron chi connectivity index (χ3n) is 4.82. The molecule has 2 N–H and O–H groups in total. The van der Waals surface area contributed by atoms with Crippen LogP contribution in [0.1, 0.15) is 27.9 Å². The highest BCUT2D eigenvalue weighted by Crippen LogP contribution is 2.24. The maximum absolute atomic E-state index is 13.1. The highest BCUT2D eigenvalue weighted by Gasteiger charge is 2.31. The molecular formula is C19H22N6O. The molecule has 134 valence electrons. The molecule has 3 heterocycles. The Morgan fingerprint density at radius 2 is 2.08 bits per heavy atom. The first-order valence-electron chi connectivity index (χ1n) is 8.75. The van der Waals surface area contributed by atoms with Crippen LogP contribution in [0, 0.1) is 6.92 Å². The quantitative estimate of drug-likeness (QED) is 0.756. The van der Waals surface area contributed by atoms with E-state index in [2.05, 4.69) is 20.5 Å². The molecule has 0 radical (unpaired) electrons. The van der Waals surface area contributed by atoms with Gasteiger partial charge in [0.25, 0.3) is 5.91 Å². The van der Waals surface area contributed by atoms with E-state index in [-0.39, 0.29) is 11.9 Å². The van der Waals surface area contributed by atoms with Gasteiger partial charge >= 0.3 is 0 Å². The van der Waals surface area contributed by atoms with Gasteiger partial charge in [-0.05, 0) is 13.0 Å². The topological polar surface area (TPSA) is 78.8 Å². The van der Waals surface area contributed by atoms with E-state index < -0.39 is 0 Å². The second kappa shape index (κ2) is 6.76. The van der Waals surface area contributed by atoms with Gasteiger partial charge in [0, 0.05) is 44.6 Å². The van der Waals surface area contributed by atoms with Gasteiger partial charge in [0.1, 0.15) is 17.6 Å². The molecule has 7 heteroatoms. The fraction of sp³-hybridized carbons (Fsp3) is 0.316. The number of piperazine rings is 1. The van der Waals surface area contributed by atoms with E-state index in [9.17, 15) is 4.79 Å². The smallest absolute Gasteiger partial charge is 0.272 e. The molecule has 0 saturated carbocycles. The van der Waals surface area contributed by atoms with Crippen molar-refractivity contribution in [3.05, 3.63) is 59.8 Å². The molecule has 0 bridgehead atoms. The zero-order valence-electron chi connectivity index (χ0n) is 14.9. The summed E-state index contributed by atoms with van der Waals surface area (Å²) < 4.78 is 1.96. The summed E-state index contributed by atoms with van der Waals surface area (Å²) in [5, 5.41) is 10.6. The second-order valence-electron chi connectivity index (χ2n) is 6.65. The molecule has 0 spiro atoms. The maximum Gasteiger partial charge on any atom is 0.272 e. The summed E-state index contributed by atoms with van der Waals surface area (Å²) >= 11 is 0. The number of aromatic nitrogens is 4. The Labute approximate surface area is 152 Å². The van der Waals surface area contributed by atoms with Gasteiger partial charge in [-0.15, -0.1) is 0 Å². The van der Waals surface area contributed by atoms with E-state index in [1.54, 1.807) is 6.20 Å². The molecule has 0 aliphatic carbocycles. The molecule has 2 aromatic heterocycles. The normalized spacial score (nSPS) is 17.5. The molecule has 1 aliphatic heterocycles. The van der Waals surface area contributed by atoms with Gasteiger partial charge in [0.05, 0.1) is 5.69 Å². The monoisotopic (exact) mass is 350 g/mol. The van der Waals surface area contributed by atoms with Crippen LogP contribution in [0.25, 0.3) is 11.3 Å². The van der Waals surface area contributed by atoms with E-state index >= 15 is 0 Å². The average molecular weight is 350 g/mol. The fourth-order valence-corrected chi connectivity index (χ4v) is 3.33. The summed E-state index contributed by atoms with van der Waals surface area (Å²) in [5.74, 6) is 0.828. The van der Waals surface area contributed by atoms with Gasteiger partial charge in [-0.25, -0.2) is 4.98 Å². The van der Waals surface area contributed by atoms with Gasteiger partial charge < -0.3 is 14.8 Å². The lowest BCUT2D eigenvalue weighted by atomic mass is 10.1. The zero-order valence-corrected chi connectivity index (χ0v) is 14.9. The van der Waals surface area contributed by atoms with E-state index in [4.69, 9.17) is 0 Å². The van der Waals surface area contributed by atoms with Crippen molar-refractivity contribution in [2.45, 2.75) is 13.0 Å². The third-order valence-corrected chi connectivity index (χ3v) is 4.82. The average Bonchev–Trinajstić information content (AvgIpc) is 3.31. The molecule has 1 aliphatic rings.